The zero-order chi connectivity index (χ0) is 17.0. The minimum Gasteiger partial charge on any atom is -0.324 e. The topological polar surface area (TPSA) is 145 Å². The summed E-state index contributed by atoms with van der Waals surface area (Å²) in [6.45, 7) is 0.987. The molecule has 0 aromatic heterocycles. The number of carbonyl (C=O) groups is 1. The molecule has 0 fully saturated rings. The van der Waals surface area contributed by atoms with E-state index in [1.54, 1.807) is 30.3 Å². The molecule has 0 saturated heterocycles. The van der Waals surface area contributed by atoms with Crippen molar-refractivity contribution in [3.05, 3.63) is 35.9 Å². The minimum atomic E-state index is -5.16. The van der Waals surface area contributed by atoms with Crippen molar-refractivity contribution in [3.8, 4) is 0 Å². The molecule has 0 aliphatic heterocycles. The molecule has 1 aromatic rings. The molecule has 0 aliphatic carbocycles. The first-order valence-electron chi connectivity index (χ1n) is 6.08. The number of benzene rings is 1. The highest BCUT2D eigenvalue weighted by Gasteiger charge is 2.49. The van der Waals surface area contributed by atoms with Gasteiger partial charge in [-0.3, -0.25) is 18.8 Å². The summed E-state index contributed by atoms with van der Waals surface area (Å²) in [5.74, 6) is 0. The van der Waals surface area contributed by atoms with Crippen LogP contribution in [0.5, 0.6) is 0 Å². The van der Waals surface area contributed by atoms with Gasteiger partial charge in [0.1, 0.15) is 6.61 Å². The standard InChI is InChI=1S/C11H17NO8P2/c1-9(11(21(14,15)16)22(17,18)19)12(8-13)20-7-10-5-3-2-4-6-10/h2-6,8-9,11H,7H2,1H3,(H2,14,15,16)(H2,17,18,19). The quantitative estimate of drug-likeness (QED) is 0.303. The Morgan fingerprint density at radius 1 is 1.14 bits per heavy atom. The highest BCUT2D eigenvalue weighted by atomic mass is 31.2. The van der Waals surface area contributed by atoms with E-state index in [1.807, 2.05) is 0 Å². The molecule has 1 amide bonds. The maximum Gasteiger partial charge on any atom is 0.342 e. The van der Waals surface area contributed by atoms with E-state index in [9.17, 15) is 13.9 Å². The highest BCUT2D eigenvalue weighted by molar-refractivity contribution is 7.71. The molecule has 124 valence electrons. The number of hydrogen-bond acceptors (Lipinski definition) is 4. The lowest BCUT2D eigenvalue weighted by atomic mass is 10.2. The predicted molar refractivity (Wildman–Crippen MR) is 76.5 cm³/mol. The Hall–Kier alpha value is -1.05. The van der Waals surface area contributed by atoms with Crippen LogP contribution < -0.4 is 0 Å². The molecule has 0 radical (unpaired) electrons. The number of rotatable bonds is 8. The summed E-state index contributed by atoms with van der Waals surface area (Å²) in [6, 6.07) is 7.07. The molecular formula is C11H17NO8P2. The maximum absolute atomic E-state index is 11.3. The second kappa shape index (κ2) is 7.48. The van der Waals surface area contributed by atoms with Crippen molar-refractivity contribution in [2.75, 3.05) is 0 Å². The van der Waals surface area contributed by atoms with Gasteiger partial charge >= 0.3 is 15.2 Å². The summed E-state index contributed by atoms with van der Waals surface area (Å²) < 4.78 is 22.6. The second-order valence-electron chi connectivity index (χ2n) is 4.56. The smallest absolute Gasteiger partial charge is 0.324 e. The Kier molecular flexibility index (Phi) is 6.46. The number of amides is 1. The van der Waals surface area contributed by atoms with Gasteiger partial charge in [0.05, 0.1) is 6.04 Å². The number of hydroxylamine groups is 2. The highest BCUT2D eigenvalue weighted by Crippen LogP contribution is 2.61. The van der Waals surface area contributed by atoms with Crippen molar-refractivity contribution in [3.63, 3.8) is 0 Å². The molecule has 0 spiro atoms. The Balaban J connectivity index is 2.90. The van der Waals surface area contributed by atoms with Crippen molar-refractivity contribution in [2.24, 2.45) is 0 Å². The molecule has 0 saturated carbocycles. The lowest BCUT2D eigenvalue weighted by Gasteiger charge is -2.31. The largest absolute Gasteiger partial charge is 0.342 e. The number of carbonyl (C=O) groups excluding carboxylic acids is 1. The van der Waals surface area contributed by atoms with Gasteiger partial charge in [-0.2, -0.15) is 0 Å². The first kappa shape index (κ1) is 19.0. The fraction of sp³-hybridized carbons (Fsp3) is 0.364. The average Bonchev–Trinajstić information content (AvgIpc) is 2.37. The van der Waals surface area contributed by atoms with E-state index < -0.39 is 26.6 Å². The van der Waals surface area contributed by atoms with Crippen LogP contribution in [0.4, 0.5) is 0 Å². The molecule has 4 N–H and O–H groups in total. The molecule has 9 nitrogen and oxygen atoms in total. The van der Waals surface area contributed by atoms with Crippen molar-refractivity contribution < 1.29 is 38.3 Å². The molecule has 1 rings (SSSR count). The van der Waals surface area contributed by atoms with E-state index in [4.69, 9.17) is 24.4 Å². The Bertz CT molecular complexity index is 561. The van der Waals surface area contributed by atoms with Crippen molar-refractivity contribution in [2.45, 2.75) is 25.0 Å². The molecule has 0 bridgehead atoms. The normalized spacial score (nSPS) is 13.9. The molecule has 0 aliphatic rings. The van der Waals surface area contributed by atoms with E-state index in [0.29, 0.717) is 10.6 Å². The Morgan fingerprint density at radius 3 is 2.05 bits per heavy atom. The maximum atomic E-state index is 11.3. The molecule has 0 heterocycles. The van der Waals surface area contributed by atoms with E-state index in [0.717, 1.165) is 6.92 Å². The van der Waals surface area contributed by atoms with Crippen LogP contribution in [0.3, 0.4) is 0 Å². The first-order valence-corrected chi connectivity index (χ1v) is 9.44. The minimum absolute atomic E-state index is 0.0983. The third-order valence-electron chi connectivity index (χ3n) is 2.85. The summed E-state index contributed by atoms with van der Waals surface area (Å²) in [5, 5.41) is -1.86. The van der Waals surface area contributed by atoms with Gasteiger partial charge in [0.2, 0.25) is 6.41 Å². The SMILES string of the molecule is CC(C(P(=O)(O)O)P(=O)(O)O)N(C=O)OCc1ccccc1. The van der Waals surface area contributed by atoms with Gasteiger partial charge in [0, 0.05) is 0 Å². The van der Waals surface area contributed by atoms with E-state index in [1.165, 1.54) is 0 Å². The zero-order valence-electron chi connectivity index (χ0n) is 11.6. The van der Waals surface area contributed by atoms with E-state index >= 15 is 0 Å². The van der Waals surface area contributed by atoms with Gasteiger partial charge in [-0.05, 0) is 12.5 Å². The lowest BCUT2D eigenvalue weighted by Crippen LogP contribution is -2.40. The van der Waals surface area contributed by atoms with E-state index in [-0.39, 0.29) is 13.0 Å². The molecule has 11 heteroatoms. The van der Waals surface area contributed by atoms with Crippen molar-refractivity contribution >= 4 is 21.6 Å². The summed E-state index contributed by atoms with van der Waals surface area (Å²) >= 11 is 0. The molecule has 1 unspecified atom stereocenters. The average molecular weight is 353 g/mol. The number of hydrogen-bond donors (Lipinski definition) is 4. The van der Waals surface area contributed by atoms with Crippen LogP contribution in [0.1, 0.15) is 12.5 Å². The fourth-order valence-electron chi connectivity index (χ4n) is 1.86. The van der Waals surface area contributed by atoms with Crippen LogP contribution in [0.2, 0.25) is 0 Å². The Morgan fingerprint density at radius 2 is 1.64 bits per heavy atom. The van der Waals surface area contributed by atoms with Gasteiger partial charge in [0.25, 0.3) is 0 Å². The molecule has 1 aromatic carbocycles. The van der Waals surface area contributed by atoms with Crippen LogP contribution in [0, 0.1) is 0 Å². The van der Waals surface area contributed by atoms with Gasteiger partial charge in [-0.25, -0.2) is 5.06 Å². The zero-order valence-corrected chi connectivity index (χ0v) is 13.4. The van der Waals surface area contributed by atoms with Gasteiger partial charge < -0.3 is 19.6 Å². The van der Waals surface area contributed by atoms with Crippen LogP contribution in [-0.4, -0.2) is 42.5 Å². The summed E-state index contributed by atoms with van der Waals surface area (Å²) in [6.07, 6.45) is 0.117. The summed E-state index contributed by atoms with van der Waals surface area (Å²) in [4.78, 5) is 52.6. The molecule has 22 heavy (non-hydrogen) atoms. The van der Waals surface area contributed by atoms with Crippen LogP contribution in [0.25, 0.3) is 0 Å². The summed E-state index contributed by atoms with van der Waals surface area (Å²) in [7, 11) is -10.3. The molecule has 1 atom stereocenters. The van der Waals surface area contributed by atoms with Crippen LogP contribution in [-0.2, 0) is 25.4 Å². The summed E-state index contributed by atoms with van der Waals surface area (Å²) in [5.41, 5.74) is 0.672. The first-order chi connectivity index (χ1) is 10.1. The predicted octanol–water partition coefficient (Wildman–Crippen LogP) is 0.647. The fourth-order valence-corrected chi connectivity index (χ4v) is 4.81. The van der Waals surface area contributed by atoms with Gasteiger partial charge in [-0.15, -0.1) is 0 Å². The van der Waals surface area contributed by atoms with Crippen LogP contribution >= 0.6 is 15.2 Å². The third kappa shape index (κ3) is 5.30. The van der Waals surface area contributed by atoms with Gasteiger partial charge in [0.15, 0.2) is 5.40 Å². The van der Waals surface area contributed by atoms with Crippen molar-refractivity contribution in [1.82, 2.24) is 5.06 Å². The monoisotopic (exact) mass is 353 g/mol. The van der Waals surface area contributed by atoms with Crippen molar-refractivity contribution in [1.29, 1.82) is 0 Å². The van der Waals surface area contributed by atoms with E-state index in [2.05, 4.69) is 0 Å². The lowest BCUT2D eigenvalue weighted by molar-refractivity contribution is -0.189. The Labute approximate surface area is 126 Å². The van der Waals surface area contributed by atoms with Crippen LogP contribution in [0.15, 0.2) is 30.3 Å². The van der Waals surface area contributed by atoms with Gasteiger partial charge in [-0.1, -0.05) is 30.3 Å². The second-order valence-corrected chi connectivity index (χ2v) is 8.43. The third-order valence-corrected chi connectivity index (χ3v) is 6.90. The number of nitrogens with zero attached hydrogens (tertiary/aromatic N) is 1. The molecular weight excluding hydrogens is 336 g/mol.